The molecule has 4 rings (SSSR count). The fraction of sp³-hybridized carbons (Fsp3) is 0.136. The molecule has 29 heavy (non-hydrogen) atoms. The Balaban J connectivity index is 1.41. The third-order valence-electron chi connectivity index (χ3n) is 4.31. The van der Waals surface area contributed by atoms with E-state index in [9.17, 15) is 4.79 Å². The molecule has 2 heterocycles. The van der Waals surface area contributed by atoms with Crippen molar-refractivity contribution in [3.8, 4) is 16.3 Å². The smallest absolute Gasteiger partial charge is 0.255 e. The lowest BCUT2D eigenvalue weighted by atomic mass is 10.1. The average Bonchev–Trinajstić information content (AvgIpc) is 3.40. The number of aromatic nitrogens is 3. The first-order chi connectivity index (χ1) is 14.2. The Morgan fingerprint density at radius 2 is 1.93 bits per heavy atom. The lowest BCUT2D eigenvalue weighted by molar-refractivity contribution is 0.0946. The lowest BCUT2D eigenvalue weighted by Gasteiger charge is -2.11. The molecule has 7 heteroatoms. The zero-order valence-corrected chi connectivity index (χ0v) is 16.7. The van der Waals surface area contributed by atoms with Crippen molar-refractivity contribution >= 4 is 17.2 Å². The van der Waals surface area contributed by atoms with E-state index in [2.05, 4.69) is 15.4 Å². The molecule has 2 aromatic heterocycles. The van der Waals surface area contributed by atoms with Crippen LogP contribution in [0.2, 0.25) is 0 Å². The van der Waals surface area contributed by atoms with Crippen LogP contribution in [-0.2, 0) is 20.2 Å². The van der Waals surface area contributed by atoms with Crippen molar-refractivity contribution in [2.45, 2.75) is 13.2 Å². The molecule has 0 fully saturated rings. The van der Waals surface area contributed by atoms with Gasteiger partial charge in [0.05, 0.1) is 17.5 Å². The normalized spacial score (nSPS) is 10.7. The highest BCUT2D eigenvalue weighted by molar-refractivity contribution is 7.13. The average molecular weight is 404 g/mol. The van der Waals surface area contributed by atoms with Gasteiger partial charge in [-0.3, -0.25) is 9.48 Å². The van der Waals surface area contributed by atoms with Gasteiger partial charge in [0.1, 0.15) is 17.4 Å². The minimum Gasteiger partial charge on any atom is -0.486 e. The number of carbonyl (C=O) groups is 1. The van der Waals surface area contributed by atoms with Crippen molar-refractivity contribution in [1.29, 1.82) is 0 Å². The summed E-state index contributed by atoms with van der Waals surface area (Å²) in [4.78, 5) is 17.2. The maximum absolute atomic E-state index is 12.6. The van der Waals surface area contributed by atoms with Gasteiger partial charge < -0.3 is 10.1 Å². The highest BCUT2D eigenvalue weighted by Crippen LogP contribution is 2.24. The van der Waals surface area contributed by atoms with Crippen molar-refractivity contribution < 1.29 is 9.53 Å². The van der Waals surface area contributed by atoms with Gasteiger partial charge in [0.15, 0.2) is 0 Å². The number of ether oxygens (including phenoxy) is 1. The number of para-hydroxylation sites is 1. The first kappa shape index (κ1) is 18.9. The summed E-state index contributed by atoms with van der Waals surface area (Å²) in [5.41, 5.74) is 3.34. The number of thiazole rings is 1. The second-order valence-corrected chi connectivity index (χ2v) is 7.36. The van der Waals surface area contributed by atoms with E-state index < -0.39 is 0 Å². The van der Waals surface area contributed by atoms with Crippen LogP contribution in [0.1, 0.15) is 21.6 Å². The number of hydrogen-bond donors (Lipinski definition) is 1. The molecule has 0 radical (unpaired) electrons. The van der Waals surface area contributed by atoms with Gasteiger partial charge in [0.25, 0.3) is 5.91 Å². The lowest BCUT2D eigenvalue weighted by Crippen LogP contribution is -2.23. The van der Waals surface area contributed by atoms with E-state index in [4.69, 9.17) is 4.74 Å². The number of carbonyl (C=O) groups excluding carboxylic acids is 1. The maximum Gasteiger partial charge on any atom is 0.255 e. The van der Waals surface area contributed by atoms with Crippen LogP contribution in [0, 0.1) is 0 Å². The number of benzene rings is 2. The molecule has 0 unspecified atom stereocenters. The monoisotopic (exact) mass is 404 g/mol. The van der Waals surface area contributed by atoms with Crippen LogP contribution in [-0.4, -0.2) is 20.7 Å². The Morgan fingerprint density at radius 3 is 2.72 bits per heavy atom. The maximum atomic E-state index is 12.6. The molecular formula is C22H20N4O2S. The molecule has 0 aliphatic rings. The van der Waals surface area contributed by atoms with Crippen molar-refractivity contribution in [2.24, 2.45) is 7.05 Å². The van der Waals surface area contributed by atoms with Gasteiger partial charge in [-0.15, -0.1) is 11.3 Å². The molecule has 0 saturated heterocycles. The van der Waals surface area contributed by atoms with Crippen LogP contribution in [0.5, 0.6) is 5.75 Å². The Labute approximate surface area is 172 Å². The fourth-order valence-electron chi connectivity index (χ4n) is 2.84. The molecule has 1 amide bonds. The summed E-state index contributed by atoms with van der Waals surface area (Å²) in [6.07, 6.45) is 3.71. The summed E-state index contributed by atoms with van der Waals surface area (Å²) in [5, 5.41) is 9.97. The van der Waals surface area contributed by atoms with E-state index in [1.165, 1.54) is 0 Å². The summed E-state index contributed by atoms with van der Waals surface area (Å²) in [5.74, 6) is 0.368. The summed E-state index contributed by atoms with van der Waals surface area (Å²) in [6.45, 7) is 0.758. The topological polar surface area (TPSA) is 69.0 Å². The molecule has 0 saturated carbocycles. The summed E-state index contributed by atoms with van der Waals surface area (Å²) >= 11 is 1.54. The minimum atomic E-state index is -0.168. The van der Waals surface area contributed by atoms with Gasteiger partial charge in [-0.25, -0.2) is 4.98 Å². The third kappa shape index (κ3) is 4.70. The Hall–Kier alpha value is -3.45. The zero-order valence-electron chi connectivity index (χ0n) is 15.9. The predicted octanol–water partition coefficient (Wildman–Crippen LogP) is 4.05. The predicted molar refractivity (Wildman–Crippen MR) is 113 cm³/mol. The highest BCUT2D eigenvalue weighted by Gasteiger charge is 2.13. The van der Waals surface area contributed by atoms with Crippen molar-refractivity contribution in [1.82, 2.24) is 20.1 Å². The van der Waals surface area contributed by atoms with Crippen molar-refractivity contribution in [3.63, 3.8) is 0 Å². The van der Waals surface area contributed by atoms with Gasteiger partial charge in [-0.2, -0.15) is 5.10 Å². The van der Waals surface area contributed by atoms with Crippen molar-refractivity contribution in [3.05, 3.63) is 89.2 Å². The van der Waals surface area contributed by atoms with Crippen LogP contribution >= 0.6 is 11.3 Å². The molecule has 2 aromatic carbocycles. The number of nitrogens with zero attached hydrogens (tertiary/aromatic N) is 3. The Morgan fingerprint density at radius 1 is 1.14 bits per heavy atom. The SMILES string of the molecule is Cn1cc(-c2nc(COc3ccccc3C(=O)NCc3ccccc3)cs2)cn1. The fourth-order valence-corrected chi connectivity index (χ4v) is 3.62. The summed E-state index contributed by atoms with van der Waals surface area (Å²) < 4.78 is 7.66. The first-order valence-electron chi connectivity index (χ1n) is 9.16. The zero-order chi connectivity index (χ0) is 20.1. The van der Waals surface area contributed by atoms with Crippen LogP contribution in [0.4, 0.5) is 0 Å². The number of rotatable bonds is 7. The molecule has 0 aliphatic heterocycles. The van der Waals surface area contributed by atoms with Gasteiger partial charge in [-0.1, -0.05) is 42.5 Å². The van der Waals surface area contributed by atoms with Crippen LogP contribution in [0.15, 0.2) is 72.4 Å². The van der Waals surface area contributed by atoms with E-state index in [1.54, 1.807) is 34.3 Å². The number of amides is 1. The van der Waals surface area contributed by atoms with Crippen molar-refractivity contribution in [2.75, 3.05) is 0 Å². The van der Waals surface area contributed by atoms with E-state index in [-0.39, 0.29) is 5.91 Å². The van der Waals surface area contributed by atoms with E-state index in [0.717, 1.165) is 21.8 Å². The molecule has 1 N–H and O–H groups in total. The van der Waals surface area contributed by atoms with Crippen LogP contribution < -0.4 is 10.1 Å². The first-order valence-corrected chi connectivity index (χ1v) is 10.0. The molecule has 6 nitrogen and oxygen atoms in total. The second kappa shape index (κ2) is 8.70. The number of nitrogens with one attached hydrogen (secondary N) is 1. The second-order valence-electron chi connectivity index (χ2n) is 6.50. The largest absolute Gasteiger partial charge is 0.486 e. The summed E-state index contributed by atoms with van der Waals surface area (Å²) in [6, 6.07) is 17.0. The van der Waals surface area contributed by atoms with E-state index >= 15 is 0 Å². The number of hydrogen-bond acceptors (Lipinski definition) is 5. The molecule has 0 bridgehead atoms. The highest BCUT2D eigenvalue weighted by atomic mass is 32.1. The standard InChI is InChI=1S/C22H20N4O2S/c1-26-13-17(12-24-26)22-25-18(15-29-22)14-28-20-10-6-5-9-19(20)21(27)23-11-16-7-3-2-4-8-16/h2-10,12-13,15H,11,14H2,1H3,(H,23,27). The molecule has 146 valence electrons. The van der Waals surface area contributed by atoms with Crippen LogP contribution in [0.3, 0.4) is 0 Å². The molecule has 4 aromatic rings. The molecule has 0 atom stereocenters. The third-order valence-corrected chi connectivity index (χ3v) is 5.25. The van der Waals surface area contributed by atoms with Gasteiger partial charge in [0, 0.05) is 30.7 Å². The van der Waals surface area contributed by atoms with E-state index in [0.29, 0.717) is 24.5 Å². The van der Waals surface area contributed by atoms with Gasteiger partial charge in [-0.05, 0) is 17.7 Å². The van der Waals surface area contributed by atoms with Crippen LogP contribution in [0.25, 0.3) is 10.6 Å². The quantitative estimate of drug-likeness (QED) is 0.504. The summed E-state index contributed by atoms with van der Waals surface area (Å²) in [7, 11) is 1.88. The number of aryl methyl sites for hydroxylation is 1. The molecule has 0 spiro atoms. The molecule has 0 aliphatic carbocycles. The van der Waals surface area contributed by atoms with E-state index in [1.807, 2.05) is 61.1 Å². The van der Waals surface area contributed by atoms with Gasteiger partial charge in [0.2, 0.25) is 0 Å². The molecular weight excluding hydrogens is 384 g/mol. The van der Waals surface area contributed by atoms with Gasteiger partial charge >= 0.3 is 0 Å². The Bertz CT molecular complexity index is 1100. The minimum absolute atomic E-state index is 0.168. The Kier molecular flexibility index (Phi) is 5.67.